The van der Waals surface area contributed by atoms with Gasteiger partial charge in [0, 0.05) is 30.8 Å². The predicted octanol–water partition coefficient (Wildman–Crippen LogP) is 2.04. The van der Waals surface area contributed by atoms with Crippen molar-refractivity contribution in [3.05, 3.63) is 34.4 Å². The van der Waals surface area contributed by atoms with Crippen molar-refractivity contribution in [2.45, 2.75) is 26.4 Å². The zero-order valence-electron chi connectivity index (χ0n) is 17.1. The number of nitro benzene ring substituents is 1. The quantitative estimate of drug-likeness (QED) is 0.424. The molecule has 1 fully saturated rings. The van der Waals surface area contributed by atoms with Crippen LogP contribution < -0.4 is 10.2 Å². The number of non-ortho nitro benzene ring substituents is 1. The Bertz CT molecular complexity index is 907. The van der Waals surface area contributed by atoms with Crippen molar-refractivity contribution in [1.82, 2.24) is 15.0 Å². The van der Waals surface area contributed by atoms with E-state index in [1.54, 1.807) is 32.9 Å². The number of nitrogens with zero attached hydrogens (tertiary/aromatic N) is 5. The van der Waals surface area contributed by atoms with Crippen LogP contribution in [-0.4, -0.2) is 64.3 Å². The van der Waals surface area contributed by atoms with Crippen LogP contribution >= 0.6 is 0 Å². The molecule has 0 aliphatic carbocycles. The lowest BCUT2D eigenvalue weighted by Gasteiger charge is -2.27. The fraction of sp³-hybridized carbons (Fsp3) is 0.474. The molecule has 0 unspecified atom stereocenters. The SMILES string of the molecule is CC(C)(C)OC(=O)CNc1nc(-c2ccc([N+](=O)[O-])cc2)nc(N2CCOCC2)n1. The van der Waals surface area contributed by atoms with Gasteiger partial charge in [-0.15, -0.1) is 0 Å². The number of ether oxygens (including phenoxy) is 2. The Morgan fingerprint density at radius 1 is 1.20 bits per heavy atom. The predicted molar refractivity (Wildman–Crippen MR) is 109 cm³/mol. The van der Waals surface area contributed by atoms with Crippen LogP contribution in [0.1, 0.15) is 20.8 Å². The van der Waals surface area contributed by atoms with Crippen LogP contribution in [0.5, 0.6) is 0 Å². The van der Waals surface area contributed by atoms with E-state index >= 15 is 0 Å². The average molecular weight is 416 g/mol. The van der Waals surface area contributed by atoms with E-state index in [2.05, 4.69) is 20.3 Å². The third kappa shape index (κ3) is 5.83. The maximum Gasteiger partial charge on any atom is 0.325 e. The van der Waals surface area contributed by atoms with Crippen molar-refractivity contribution in [2.75, 3.05) is 43.1 Å². The van der Waals surface area contributed by atoms with E-state index in [-0.39, 0.29) is 18.2 Å². The first-order chi connectivity index (χ1) is 14.2. The second kappa shape index (κ2) is 8.99. The Morgan fingerprint density at radius 2 is 1.87 bits per heavy atom. The van der Waals surface area contributed by atoms with Gasteiger partial charge < -0.3 is 19.7 Å². The van der Waals surface area contributed by atoms with E-state index in [0.717, 1.165) is 0 Å². The molecule has 1 N–H and O–H groups in total. The van der Waals surface area contributed by atoms with Gasteiger partial charge in [-0.3, -0.25) is 14.9 Å². The Labute approximate surface area is 173 Å². The van der Waals surface area contributed by atoms with Crippen molar-refractivity contribution in [2.24, 2.45) is 0 Å². The standard InChI is InChI=1S/C19H24N6O5/c1-19(2,3)30-15(26)12-20-17-21-16(13-4-6-14(7-5-13)25(27)28)22-18(23-17)24-8-10-29-11-9-24/h4-7H,8-12H2,1-3H3,(H,20,21,22,23). The number of esters is 1. The summed E-state index contributed by atoms with van der Waals surface area (Å²) in [5.74, 6) is 0.555. The number of rotatable bonds is 6. The number of hydrogen-bond acceptors (Lipinski definition) is 10. The summed E-state index contributed by atoms with van der Waals surface area (Å²) in [5.41, 5.74) is -0.0249. The Morgan fingerprint density at radius 3 is 2.47 bits per heavy atom. The van der Waals surface area contributed by atoms with Gasteiger partial charge in [0.25, 0.3) is 5.69 Å². The first-order valence-electron chi connectivity index (χ1n) is 9.50. The maximum absolute atomic E-state index is 12.0. The normalized spacial score (nSPS) is 14.3. The molecule has 1 aromatic carbocycles. The number of hydrogen-bond donors (Lipinski definition) is 1. The highest BCUT2D eigenvalue weighted by Crippen LogP contribution is 2.23. The minimum atomic E-state index is -0.596. The van der Waals surface area contributed by atoms with E-state index in [4.69, 9.17) is 9.47 Å². The van der Waals surface area contributed by atoms with Crippen molar-refractivity contribution in [3.8, 4) is 11.4 Å². The molecule has 2 heterocycles. The van der Waals surface area contributed by atoms with Crippen molar-refractivity contribution >= 4 is 23.6 Å². The summed E-state index contributed by atoms with van der Waals surface area (Å²) in [6.45, 7) is 7.61. The molecule has 3 rings (SSSR count). The van der Waals surface area contributed by atoms with Gasteiger partial charge >= 0.3 is 5.97 Å². The summed E-state index contributed by atoms with van der Waals surface area (Å²) in [5, 5.41) is 13.8. The highest BCUT2D eigenvalue weighted by atomic mass is 16.6. The lowest BCUT2D eigenvalue weighted by atomic mass is 10.2. The molecule has 11 nitrogen and oxygen atoms in total. The molecular formula is C19H24N6O5. The Hall–Kier alpha value is -3.34. The smallest absolute Gasteiger partial charge is 0.325 e. The van der Waals surface area contributed by atoms with Crippen LogP contribution in [0.2, 0.25) is 0 Å². The molecule has 0 spiro atoms. The van der Waals surface area contributed by atoms with Gasteiger partial charge in [-0.25, -0.2) is 0 Å². The van der Waals surface area contributed by atoms with Crippen LogP contribution in [-0.2, 0) is 14.3 Å². The summed E-state index contributed by atoms with van der Waals surface area (Å²) >= 11 is 0. The highest BCUT2D eigenvalue weighted by Gasteiger charge is 2.19. The molecule has 1 aromatic heterocycles. The van der Waals surface area contributed by atoms with E-state index in [1.807, 2.05) is 4.90 Å². The molecule has 1 saturated heterocycles. The number of nitrogens with one attached hydrogen (secondary N) is 1. The van der Waals surface area contributed by atoms with Crippen LogP contribution in [0, 0.1) is 10.1 Å². The molecule has 0 bridgehead atoms. The number of aromatic nitrogens is 3. The van der Waals surface area contributed by atoms with Gasteiger partial charge in [-0.1, -0.05) is 0 Å². The number of nitro groups is 1. The van der Waals surface area contributed by atoms with Crippen LogP contribution in [0.25, 0.3) is 11.4 Å². The lowest BCUT2D eigenvalue weighted by Crippen LogP contribution is -2.37. The number of benzene rings is 1. The fourth-order valence-corrected chi connectivity index (χ4v) is 2.74. The van der Waals surface area contributed by atoms with Crippen LogP contribution in [0.4, 0.5) is 17.6 Å². The summed E-state index contributed by atoms with van der Waals surface area (Å²) < 4.78 is 10.7. The minimum absolute atomic E-state index is 0.0236. The second-order valence-electron chi connectivity index (χ2n) is 7.63. The molecule has 1 aliphatic heterocycles. The van der Waals surface area contributed by atoms with Crippen molar-refractivity contribution < 1.29 is 19.2 Å². The molecule has 0 atom stereocenters. The molecule has 0 amide bonds. The van der Waals surface area contributed by atoms with Gasteiger partial charge in [0.05, 0.1) is 18.1 Å². The molecule has 2 aromatic rings. The molecule has 11 heteroatoms. The summed E-state index contributed by atoms with van der Waals surface area (Å²) in [7, 11) is 0. The molecule has 0 saturated carbocycles. The van der Waals surface area contributed by atoms with Gasteiger partial charge in [0.1, 0.15) is 12.1 Å². The monoisotopic (exact) mass is 416 g/mol. The lowest BCUT2D eigenvalue weighted by molar-refractivity contribution is -0.384. The Balaban J connectivity index is 1.86. The van der Waals surface area contributed by atoms with E-state index in [9.17, 15) is 14.9 Å². The number of anilines is 2. The summed E-state index contributed by atoms with van der Waals surface area (Å²) in [6, 6.07) is 5.94. The number of carbonyl (C=O) groups is 1. The maximum atomic E-state index is 12.0. The van der Waals surface area contributed by atoms with Gasteiger partial charge in [-0.2, -0.15) is 15.0 Å². The van der Waals surface area contributed by atoms with E-state index < -0.39 is 16.5 Å². The molecule has 160 valence electrons. The average Bonchev–Trinajstić information content (AvgIpc) is 2.71. The zero-order valence-corrected chi connectivity index (χ0v) is 17.1. The second-order valence-corrected chi connectivity index (χ2v) is 7.63. The molecule has 0 radical (unpaired) electrons. The first-order valence-corrected chi connectivity index (χ1v) is 9.50. The van der Waals surface area contributed by atoms with Crippen molar-refractivity contribution in [3.63, 3.8) is 0 Å². The third-order valence-corrected chi connectivity index (χ3v) is 4.06. The van der Waals surface area contributed by atoms with Crippen LogP contribution in [0.3, 0.4) is 0 Å². The first kappa shape index (κ1) is 21.4. The summed E-state index contributed by atoms with van der Waals surface area (Å²) in [4.78, 5) is 37.7. The Kier molecular flexibility index (Phi) is 6.40. The van der Waals surface area contributed by atoms with Gasteiger partial charge in [-0.05, 0) is 32.9 Å². The third-order valence-electron chi connectivity index (χ3n) is 4.06. The topological polar surface area (TPSA) is 133 Å². The van der Waals surface area contributed by atoms with Crippen LogP contribution in [0.15, 0.2) is 24.3 Å². The summed E-state index contributed by atoms with van der Waals surface area (Å²) in [6.07, 6.45) is 0. The number of carbonyl (C=O) groups excluding carboxylic acids is 1. The number of morpholine rings is 1. The molecule has 30 heavy (non-hydrogen) atoms. The minimum Gasteiger partial charge on any atom is -0.459 e. The van der Waals surface area contributed by atoms with Crippen molar-refractivity contribution in [1.29, 1.82) is 0 Å². The van der Waals surface area contributed by atoms with E-state index in [1.165, 1.54) is 12.1 Å². The van der Waals surface area contributed by atoms with Gasteiger partial charge in [0.15, 0.2) is 5.82 Å². The molecule has 1 aliphatic rings. The highest BCUT2D eigenvalue weighted by molar-refractivity contribution is 5.75. The van der Waals surface area contributed by atoms with Gasteiger partial charge in [0.2, 0.25) is 11.9 Å². The fourth-order valence-electron chi connectivity index (χ4n) is 2.74. The largest absolute Gasteiger partial charge is 0.459 e. The molecular weight excluding hydrogens is 392 g/mol. The van der Waals surface area contributed by atoms with E-state index in [0.29, 0.717) is 43.6 Å². The zero-order chi connectivity index (χ0) is 21.7.